The van der Waals surface area contributed by atoms with E-state index in [4.69, 9.17) is 0 Å². The van der Waals surface area contributed by atoms with Crippen molar-refractivity contribution >= 4 is 8.00 Å². The van der Waals surface area contributed by atoms with Crippen LogP contribution in [-0.2, 0) is 29.3 Å². The fourth-order valence-corrected chi connectivity index (χ4v) is 1.22. The molecule has 7 heavy (non-hydrogen) atoms. The molecule has 45 valence electrons. The average Bonchev–Trinajstić information content (AvgIpc) is 1.27. The summed E-state index contributed by atoms with van der Waals surface area (Å²) in [7, 11) is 0. The molecular formula is C4H6AuO2. The molecule has 0 spiro atoms. The molecule has 0 amide bonds. The molecule has 0 bridgehead atoms. The molecule has 0 N–H and O–H groups in total. The maximum atomic E-state index is 10.1. The van der Waals surface area contributed by atoms with Gasteiger partial charge in [0.1, 0.15) is 0 Å². The number of hydrogen-bond donors (Lipinski definition) is 0. The Morgan fingerprint density at radius 1 is 1.14 bits per heavy atom. The summed E-state index contributed by atoms with van der Waals surface area (Å²) in [5.41, 5.74) is 0. The summed E-state index contributed by atoms with van der Waals surface area (Å²) in [6.07, 6.45) is 0. The van der Waals surface area contributed by atoms with Crippen LogP contribution in [-0.4, -0.2) is 8.00 Å². The molecule has 0 rings (SSSR count). The number of hydrogen-bond acceptors (Lipinski definition) is 2. The Balaban J connectivity index is 3.32. The maximum absolute atomic E-state index is 10.1. The molecule has 0 fully saturated rings. The molecule has 0 radical (unpaired) electrons. The summed E-state index contributed by atoms with van der Waals surface area (Å²) < 4.78 is 0.0694. The fourth-order valence-electron chi connectivity index (χ4n) is 0.149. The van der Waals surface area contributed by atoms with Crippen molar-refractivity contribution in [3.05, 3.63) is 0 Å². The molecule has 0 aliphatic rings. The second kappa shape index (κ2) is 3.13. The van der Waals surface area contributed by atoms with Crippen molar-refractivity contribution < 1.29 is 29.3 Å². The minimum absolute atomic E-state index is 0.0347. The van der Waals surface area contributed by atoms with Gasteiger partial charge in [-0.3, -0.25) is 0 Å². The van der Waals surface area contributed by atoms with Gasteiger partial charge >= 0.3 is 51.2 Å². The van der Waals surface area contributed by atoms with Crippen molar-refractivity contribution in [1.29, 1.82) is 0 Å². The van der Waals surface area contributed by atoms with Crippen LogP contribution in [0.1, 0.15) is 13.8 Å². The quantitative estimate of drug-likeness (QED) is 0.677. The van der Waals surface area contributed by atoms with Crippen LogP contribution in [0.25, 0.3) is 0 Å². The van der Waals surface area contributed by atoms with Crippen LogP contribution >= 0.6 is 0 Å². The zero-order valence-electron chi connectivity index (χ0n) is 4.12. The van der Waals surface area contributed by atoms with Gasteiger partial charge in [0.05, 0.1) is 0 Å². The topological polar surface area (TPSA) is 34.1 Å². The summed E-state index contributed by atoms with van der Waals surface area (Å²) in [5, 5.41) is 0. The molecule has 0 heterocycles. The van der Waals surface area contributed by atoms with E-state index < -0.39 is 19.8 Å². The summed E-state index contributed by atoms with van der Waals surface area (Å²) >= 11 is -0.673. The monoisotopic (exact) mass is 283 g/mol. The summed E-state index contributed by atoms with van der Waals surface area (Å²) in [6.45, 7) is 2.89. The van der Waals surface area contributed by atoms with E-state index in [1.54, 1.807) is 0 Å². The molecule has 0 aliphatic heterocycles. The first-order valence-corrected chi connectivity index (χ1v) is 3.88. The normalized spacial score (nSPS) is 8.86. The summed E-state index contributed by atoms with van der Waals surface area (Å²) in [5.74, 6) is 0. The standard InChI is InChI=1S/2C2H3O.Au/c2*1-2-3;/h2*1H3;. The molecule has 0 atom stereocenters. The molecule has 2 nitrogen and oxygen atoms in total. The Morgan fingerprint density at radius 2 is 1.43 bits per heavy atom. The Hall–Kier alpha value is 0.0803. The van der Waals surface area contributed by atoms with Crippen LogP contribution in [0.15, 0.2) is 0 Å². The zero-order valence-corrected chi connectivity index (χ0v) is 6.28. The van der Waals surface area contributed by atoms with E-state index in [0.717, 1.165) is 0 Å². The van der Waals surface area contributed by atoms with E-state index in [1.807, 2.05) is 0 Å². The number of carbonyl (C=O) groups is 2. The van der Waals surface area contributed by atoms with Crippen LogP contribution in [0, 0.1) is 0 Å². The van der Waals surface area contributed by atoms with Crippen molar-refractivity contribution in [3.8, 4) is 0 Å². The molecule has 3 heteroatoms. The first kappa shape index (κ1) is 7.08. The van der Waals surface area contributed by atoms with E-state index in [0.29, 0.717) is 0 Å². The van der Waals surface area contributed by atoms with E-state index in [2.05, 4.69) is 0 Å². The third-order valence-electron chi connectivity index (χ3n) is 0.212. The van der Waals surface area contributed by atoms with Crippen molar-refractivity contribution in [2.75, 3.05) is 0 Å². The van der Waals surface area contributed by atoms with Gasteiger partial charge in [-0.2, -0.15) is 0 Å². The van der Waals surface area contributed by atoms with Gasteiger partial charge in [0, 0.05) is 0 Å². The van der Waals surface area contributed by atoms with Gasteiger partial charge in [-0.25, -0.2) is 0 Å². The number of carbonyl (C=O) groups excluding carboxylic acids is 2. The Morgan fingerprint density at radius 3 is 1.43 bits per heavy atom. The molecule has 0 unspecified atom stereocenters. The van der Waals surface area contributed by atoms with Gasteiger partial charge < -0.3 is 0 Å². The first-order chi connectivity index (χ1) is 3.13. The molecule has 0 saturated carbocycles. The van der Waals surface area contributed by atoms with E-state index in [9.17, 15) is 9.59 Å². The predicted molar refractivity (Wildman–Crippen MR) is 21.4 cm³/mol. The molecule has 0 aromatic carbocycles. The van der Waals surface area contributed by atoms with E-state index in [-0.39, 0.29) is 8.00 Å². The van der Waals surface area contributed by atoms with Gasteiger partial charge in [-0.15, -0.1) is 0 Å². The third-order valence-corrected chi connectivity index (χ3v) is 1.74. The molecule has 0 aliphatic carbocycles. The van der Waals surface area contributed by atoms with Crippen LogP contribution in [0.4, 0.5) is 0 Å². The van der Waals surface area contributed by atoms with Gasteiger partial charge in [0.25, 0.3) is 0 Å². The second-order valence-corrected chi connectivity index (χ2v) is 4.50. The fraction of sp³-hybridized carbons (Fsp3) is 0.500. The molecule has 0 saturated heterocycles. The Labute approximate surface area is 51.6 Å². The van der Waals surface area contributed by atoms with Crippen molar-refractivity contribution in [1.82, 2.24) is 0 Å². The molecular weight excluding hydrogens is 277 g/mol. The van der Waals surface area contributed by atoms with E-state index in [1.165, 1.54) is 13.8 Å². The van der Waals surface area contributed by atoms with Crippen molar-refractivity contribution in [2.45, 2.75) is 13.8 Å². The van der Waals surface area contributed by atoms with Crippen LogP contribution in [0.5, 0.6) is 0 Å². The van der Waals surface area contributed by atoms with Crippen LogP contribution in [0.3, 0.4) is 0 Å². The van der Waals surface area contributed by atoms with Crippen LogP contribution < -0.4 is 0 Å². The second-order valence-electron chi connectivity index (χ2n) is 0.908. The van der Waals surface area contributed by atoms with Crippen molar-refractivity contribution in [3.63, 3.8) is 0 Å². The van der Waals surface area contributed by atoms with Crippen molar-refractivity contribution in [2.24, 2.45) is 0 Å². The Kier molecular flexibility index (Phi) is 3.17. The number of rotatable bonds is 2. The zero-order chi connectivity index (χ0) is 5.86. The van der Waals surface area contributed by atoms with Crippen LogP contribution in [0.2, 0.25) is 0 Å². The SMILES string of the molecule is C[C](=O)[Au][C](C)=O. The van der Waals surface area contributed by atoms with Gasteiger partial charge in [-0.05, 0) is 0 Å². The summed E-state index contributed by atoms with van der Waals surface area (Å²) in [6, 6.07) is 0. The predicted octanol–water partition coefficient (Wildman–Crippen LogP) is 0.162. The summed E-state index contributed by atoms with van der Waals surface area (Å²) in [4.78, 5) is 20.2. The van der Waals surface area contributed by atoms with Gasteiger partial charge in [-0.1, -0.05) is 0 Å². The van der Waals surface area contributed by atoms with Gasteiger partial charge in [0.2, 0.25) is 0 Å². The van der Waals surface area contributed by atoms with Gasteiger partial charge in [0.15, 0.2) is 0 Å². The third kappa shape index (κ3) is 6.08. The average molecular weight is 283 g/mol. The molecule has 0 aromatic heterocycles. The van der Waals surface area contributed by atoms with E-state index >= 15 is 0 Å². The molecule has 0 aromatic rings. The Bertz CT molecular complexity index is 85.9. The minimum atomic E-state index is -0.673. The first-order valence-electron chi connectivity index (χ1n) is 1.71.